The van der Waals surface area contributed by atoms with Gasteiger partial charge in [0.1, 0.15) is 5.82 Å². The number of benzene rings is 1. The molecule has 0 fully saturated rings. The number of anilines is 1. The third-order valence-corrected chi connectivity index (χ3v) is 3.64. The van der Waals surface area contributed by atoms with Crippen LogP contribution in [0.15, 0.2) is 30.5 Å². The average Bonchev–Trinajstić information content (AvgIpc) is 3.02. The summed E-state index contributed by atoms with van der Waals surface area (Å²) in [7, 11) is 0. The molecule has 1 aromatic carbocycles. The summed E-state index contributed by atoms with van der Waals surface area (Å²) in [5.41, 5.74) is -0.0537. The molecule has 1 N–H and O–H groups in total. The molecule has 1 aromatic heterocycles. The summed E-state index contributed by atoms with van der Waals surface area (Å²) in [6.45, 7) is 6.05. The Morgan fingerprint density at radius 1 is 1.42 bits per heavy atom. The molecule has 8 nitrogen and oxygen atoms in total. The summed E-state index contributed by atoms with van der Waals surface area (Å²) >= 11 is 0. The Balaban J connectivity index is 2.26. The maximum atomic E-state index is 12.4. The molecule has 1 atom stereocenters. The number of ether oxygens (including phenoxy) is 1. The smallest absolute Gasteiger partial charge is 0.311 e. The van der Waals surface area contributed by atoms with E-state index >= 15 is 0 Å². The number of nitro groups is 1. The van der Waals surface area contributed by atoms with Gasteiger partial charge >= 0.3 is 5.69 Å². The number of nitrogens with zero attached hydrogens (tertiary/aromatic N) is 3. The highest BCUT2D eigenvalue weighted by Gasteiger charge is 2.19. The standard InChI is InChI=1S/C16H20N4O4/c1-4-11(3)19-15(8-9-17-19)18-16(21)12-6-7-14(24-5-2)13(10-12)20(22)23/h6-11H,4-5H2,1-3H3,(H,18,21). The highest BCUT2D eigenvalue weighted by Crippen LogP contribution is 2.28. The van der Waals surface area contributed by atoms with Crippen molar-refractivity contribution in [3.05, 3.63) is 46.1 Å². The SMILES string of the molecule is CCOc1ccc(C(=O)Nc2ccnn2C(C)CC)cc1[N+](=O)[O-]. The van der Waals surface area contributed by atoms with Gasteiger partial charge in [0.2, 0.25) is 0 Å². The summed E-state index contributed by atoms with van der Waals surface area (Å²) in [6.07, 6.45) is 2.46. The predicted molar refractivity (Wildman–Crippen MR) is 89.4 cm³/mol. The van der Waals surface area contributed by atoms with Crippen LogP contribution in [0.25, 0.3) is 0 Å². The van der Waals surface area contributed by atoms with E-state index in [9.17, 15) is 14.9 Å². The van der Waals surface area contributed by atoms with E-state index in [1.165, 1.54) is 18.2 Å². The molecule has 2 aromatic rings. The molecule has 0 aliphatic rings. The quantitative estimate of drug-likeness (QED) is 0.618. The molecule has 1 amide bonds. The van der Waals surface area contributed by atoms with Gasteiger partial charge in [-0.05, 0) is 32.4 Å². The van der Waals surface area contributed by atoms with Crippen molar-refractivity contribution in [1.29, 1.82) is 0 Å². The molecule has 0 radical (unpaired) electrons. The Labute approximate surface area is 139 Å². The third-order valence-electron chi connectivity index (χ3n) is 3.64. The minimum Gasteiger partial charge on any atom is -0.487 e. The zero-order valence-corrected chi connectivity index (χ0v) is 13.9. The molecule has 24 heavy (non-hydrogen) atoms. The molecular formula is C16H20N4O4. The Morgan fingerprint density at radius 2 is 2.17 bits per heavy atom. The fourth-order valence-corrected chi connectivity index (χ4v) is 2.20. The van der Waals surface area contributed by atoms with Crippen LogP contribution in [0.3, 0.4) is 0 Å². The van der Waals surface area contributed by atoms with E-state index in [4.69, 9.17) is 4.74 Å². The third kappa shape index (κ3) is 3.70. The molecular weight excluding hydrogens is 312 g/mol. The highest BCUT2D eigenvalue weighted by molar-refractivity contribution is 6.04. The molecule has 0 bridgehead atoms. The van der Waals surface area contributed by atoms with Gasteiger partial charge in [-0.1, -0.05) is 6.92 Å². The number of hydrogen-bond acceptors (Lipinski definition) is 5. The summed E-state index contributed by atoms with van der Waals surface area (Å²) in [4.78, 5) is 23.0. The van der Waals surface area contributed by atoms with Crippen molar-refractivity contribution >= 4 is 17.4 Å². The number of aromatic nitrogens is 2. The Morgan fingerprint density at radius 3 is 2.79 bits per heavy atom. The van der Waals surface area contributed by atoms with Crippen LogP contribution in [0.4, 0.5) is 11.5 Å². The molecule has 128 valence electrons. The van der Waals surface area contributed by atoms with Crippen LogP contribution in [0.1, 0.15) is 43.6 Å². The maximum absolute atomic E-state index is 12.4. The topological polar surface area (TPSA) is 99.3 Å². The normalized spacial score (nSPS) is 11.8. The van der Waals surface area contributed by atoms with Crippen LogP contribution in [0.2, 0.25) is 0 Å². The first-order chi connectivity index (χ1) is 11.5. The van der Waals surface area contributed by atoms with Crippen molar-refractivity contribution < 1.29 is 14.5 Å². The first-order valence-electron chi connectivity index (χ1n) is 7.74. The van der Waals surface area contributed by atoms with Gasteiger partial charge in [0.25, 0.3) is 5.91 Å². The van der Waals surface area contributed by atoms with E-state index < -0.39 is 10.8 Å². The maximum Gasteiger partial charge on any atom is 0.311 e. The van der Waals surface area contributed by atoms with E-state index in [1.54, 1.807) is 23.9 Å². The number of nitro benzene ring substituents is 1. The largest absolute Gasteiger partial charge is 0.487 e. The summed E-state index contributed by atoms with van der Waals surface area (Å²) < 4.78 is 6.93. The number of carbonyl (C=O) groups is 1. The second kappa shape index (κ2) is 7.58. The monoisotopic (exact) mass is 332 g/mol. The predicted octanol–water partition coefficient (Wildman–Crippen LogP) is 3.41. The lowest BCUT2D eigenvalue weighted by Crippen LogP contribution is -2.17. The minimum atomic E-state index is -0.564. The summed E-state index contributed by atoms with van der Waals surface area (Å²) in [5, 5.41) is 18.1. The molecule has 0 spiro atoms. The lowest BCUT2D eigenvalue weighted by Gasteiger charge is -2.14. The zero-order chi connectivity index (χ0) is 17.7. The second-order valence-corrected chi connectivity index (χ2v) is 5.25. The Kier molecular flexibility index (Phi) is 5.51. The van der Waals surface area contributed by atoms with Crippen LogP contribution in [-0.2, 0) is 0 Å². The van der Waals surface area contributed by atoms with Crippen LogP contribution in [0.5, 0.6) is 5.75 Å². The molecule has 0 aliphatic heterocycles. The van der Waals surface area contributed by atoms with Crippen LogP contribution >= 0.6 is 0 Å². The minimum absolute atomic E-state index is 0.130. The Bertz CT molecular complexity index is 741. The van der Waals surface area contributed by atoms with Crippen LogP contribution < -0.4 is 10.1 Å². The van der Waals surface area contributed by atoms with E-state index in [0.717, 1.165) is 6.42 Å². The first-order valence-corrected chi connectivity index (χ1v) is 7.74. The van der Waals surface area contributed by atoms with E-state index in [1.807, 2.05) is 13.8 Å². The van der Waals surface area contributed by atoms with Gasteiger partial charge in [0.15, 0.2) is 5.75 Å². The number of amides is 1. The molecule has 0 saturated heterocycles. The van der Waals surface area contributed by atoms with Crippen molar-refractivity contribution in [2.45, 2.75) is 33.2 Å². The van der Waals surface area contributed by atoms with Crippen LogP contribution in [0, 0.1) is 10.1 Å². The van der Waals surface area contributed by atoms with Crippen molar-refractivity contribution in [3.8, 4) is 5.75 Å². The molecule has 2 rings (SSSR count). The number of nitrogens with one attached hydrogen (secondary N) is 1. The van der Waals surface area contributed by atoms with E-state index in [2.05, 4.69) is 10.4 Å². The van der Waals surface area contributed by atoms with Gasteiger partial charge < -0.3 is 10.1 Å². The molecule has 8 heteroatoms. The summed E-state index contributed by atoms with van der Waals surface area (Å²) in [6, 6.07) is 5.96. The molecule has 1 unspecified atom stereocenters. The second-order valence-electron chi connectivity index (χ2n) is 5.25. The molecule has 1 heterocycles. The van der Waals surface area contributed by atoms with Crippen molar-refractivity contribution in [3.63, 3.8) is 0 Å². The Hall–Kier alpha value is -2.90. The summed E-state index contributed by atoms with van der Waals surface area (Å²) in [5.74, 6) is 0.251. The lowest BCUT2D eigenvalue weighted by molar-refractivity contribution is -0.385. The lowest BCUT2D eigenvalue weighted by atomic mass is 10.1. The van der Waals surface area contributed by atoms with Gasteiger partial charge in [-0.25, -0.2) is 4.68 Å². The van der Waals surface area contributed by atoms with Gasteiger partial charge in [0.05, 0.1) is 23.8 Å². The number of rotatable bonds is 7. The van der Waals surface area contributed by atoms with Crippen molar-refractivity contribution in [1.82, 2.24) is 9.78 Å². The average molecular weight is 332 g/mol. The van der Waals surface area contributed by atoms with Crippen molar-refractivity contribution in [2.75, 3.05) is 11.9 Å². The highest BCUT2D eigenvalue weighted by atomic mass is 16.6. The van der Waals surface area contributed by atoms with Gasteiger partial charge in [0, 0.05) is 17.7 Å². The number of carbonyl (C=O) groups excluding carboxylic acids is 1. The zero-order valence-electron chi connectivity index (χ0n) is 13.9. The van der Waals surface area contributed by atoms with Crippen molar-refractivity contribution in [2.24, 2.45) is 0 Å². The van der Waals surface area contributed by atoms with E-state index in [-0.39, 0.29) is 23.0 Å². The fourth-order valence-electron chi connectivity index (χ4n) is 2.20. The molecule has 0 aliphatic carbocycles. The first kappa shape index (κ1) is 17.5. The van der Waals surface area contributed by atoms with Gasteiger partial charge in [-0.2, -0.15) is 5.10 Å². The fraction of sp³-hybridized carbons (Fsp3) is 0.375. The van der Waals surface area contributed by atoms with Gasteiger partial charge in [-0.15, -0.1) is 0 Å². The van der Waals surface area contributed by atoms with E-state index in [0.29, 0.717) is 12.4 Å². The van der Waals surface area contributed by atoms with Gasteiger partial charge in [-0.3, -0.25) is 14.9 Å². The number of hydrogen-bond donors (Lipinski definition) is 1. The van der Waals surface area contributed by atoms with Crippen LogP contribution in [-0.4, -0.2) is 27.2 Å². The molecule has 0 saturated carbocycles.